The predicted octanol–water partition coefficient (Wildman–Crippen LogP) is 3.07. The van der Waals surface area contributed by atoms with Gasteiger partial charge in [0.2, 0.25) is 0 Å². The van der Waals surface area contributed by atoms with Gasteiger partial charge in [-0.15, -0.1) is 0 Å². The van der Waals surface area contributed by atoms with E-state index in [0.29, 0.717) is 5.92 Å². The first-order chi connectivity index (χ1) is 8.54. The molecule has 0 aliphatic carbocycles. The number of rotatable bonds is 2. The lowest BCUT2D eigenvalue weighted by Crippen LogP contribution is -2.49. The minimum Gasteiger partial charge on any atom is -0.365 e. The van der Waals surface area contributed by atoms with Crippen molar-refractivity contribution < 1.29 is 0 Å². The zero-order valence-electron chi connectivity index (χ0n) is 12.2. The van der Waals surface area contributed by atoms with Crippen LogP contribution in [0.1, 0.15) is 33.3 Å². The van der Waals surface area contributed by atoms with Crippen LogP contribution in [-0.2, 0) is 6.42 Å². The molecule has 2 rings (SSSR count). The molecule has 1 aliphatic heterocycles. The first-order valence-electron chi connectivity index (χ1n) is 7.11. The maximum absolute atomic E-state index is 3.58. The van der Waals surface area contributed by atoms with Crippen molar-refractivity contribution in [1.82, 2.24) is 5.32 Å². The lowest BCUT2D eigenvalue weighted by molar-refractivity contribution is 0.459. The summed E-state index contributed by atoms with van der Waals surface area (Å²) in [5.41, 5.74) is 3.05. The summed E-state index contributed by atoms with van der Waals surface area (Å²) in [7, 11) is 0. The second-order valence-corrected chi connectivity index (χ2v) is 6.14. The zero-order valence-corrected chi connectivity index (χ0v) is 12.2. The number of hydrogen-bond acceptors (Lipinski definition) is 2. The van der Waals surface area contributed by atoms with Crippen LogP contribution >= 0.6 is 0 Å². The lowest BCUT2D eigenvalue weighted by Gasteiger charge is -2.40. The number of benzene rings is 1. The summed E-state index contributed by atoms with van der Waals surface area (Å²) in [6.07, 6.45) is 1.10. The van der Waals surface area contributed by atoms with E-state index in [2.05, 4.69) is 62.2 Å². The summed E-state index contributed by atoms with van der Waals surface area (Å²) in [4.78, 5) is 2.59. The van der Waals surface area contributed by atoms with Gasteiger partial charge in [0, 0.05) is 24.3 Å². The van der Waals surface area contributed by atoms with E-state index in [0.717, 1.165) is 26.1 Å². The van der Waals surface area contributed by atoms with Crippen molar-refractivity contribution >= 4 is 5.69 Å². The fourth-order valence-electron chi connectivity index (χ4n) is 2.84. The maximum atomic E-state index is 3.58. The van der Waals surface area contributed by atoms with E-state index in [1.165, 1.54) is 11.3 Å². The smallest absolute Gasteiger partial charge is 0.0470 e. The van der Waals surface area contributed by atoms with E-state index >= 15 is 0 Å². The second kappa shape index (κ2) is 5.31. The topological polar surface area (TPSA) is 15.3 Å². The van der Waals surface area contributed by atoms with Crippen LogP contribution in [0.2, 0.25) is 0 Å². The SMILES string of the molecule is CCc1ccccc1N1CC(C)CNCC1(C)C. The number of hydrogen-bond donors (Lipinski definition) is 1. The van der Waals surface area contributed by atoms with Crippen molar-refractivity contribution in [1.29, 1.82) is 0 Å². The van der Waals surface area contributed by atoms with Crippen LogP contribution in [0, 0.1) is 5.92 Å². The Morgan fingerprint density at radius 2 is 2.06 bits per heavy atom. The van der Waals surface area contributed by atoms with Crippen molar-refractivity contribution in [2.45, 2.75) is 39.7 Å². The van der Waals surface area contributed by atoms with Crippen LogP contribution < -0.4 is 10.2 Å². The molecule has 0 bridgehead atoms. The van der Waals surface area contributed by atoms with E-state index in [9.17, 15) is 0 Å². The molecule has 1 aromatic carbocycles. The predicted molar refractivity (Wildman–Crippen MR) is 79.3 cm³/mol. The van der Waals surface area contributed by atoms with Gasteiger partial charge < -0.3 is 10.2 Å². The highest BCUT2D eigenvalue weighted by molar-refractivity contribution is 5.56. The highest BCUT2D eigenvalue weighted by atomic mass is 15.2. The maximum Gasteiger partial charge on any atom is 0.0470 e. The van der Waals surface area contributed by atoms with Gasteiger partial charge in [-0.05, 0) is 44.4 Å². The summed E-state index contributed by atoms with van der Waals surface area (Å²) in [5.74, 6) is 0.691. The Labute approximate surface area is 111 Å². The average Bonchev–Trinajstić information content (AvgIpc) is 2.48. The molecule has 1 aromatic rings. The average molecular weight is 246 g/mol. The molecule has 0 spiro atoms. The van der Waals surface area contributed by atoms with E-state index in [4.69, 9.17) is 0 Å². The molecule has 100 valence electrons. The quantitative estimate of drug-likeness (QED) is 0.862. The Kier molecular flexibility index (Phi) is 3.96. The van der Waals surface area contributed by atoms with Crippen molar-refractivity contribution in [3.63, 3.8) is 0 Å². The minimum atomic E-state index is 0.177. The molecule has 2 nitrogen and oxygen atoms in total. The second-order valence-electron chi connectivity index (χ2n) is 6.14. The van der Waals surface area contributed by atoms with Crippen LogP contribution in [-0.4, -0.2) is 25.2 Å². The van der Waals surface area contributed by atoms with Gasteiger partial charge in [0.1, 0.15) is 0 Å². The van der Waals surface area contributed by atoms with Crippen LogP contribution in [0.5, 0.6) is 0 Å². The number of anilines is 1. The fraction of sp³-hybridized carbons (Fsp3) is 0.625. The molecule has 0 aromatic heterocycles. The van der Waals surface area contributed by atoms with Crippen molar-refractivity contribution in [2.75, 3.05) is 24.5 Å². The molecule has 1 atom stereocenters. The molecule has 0 saturated carbocycles. The van der Waals surface area contributed by atoms with E-state index in [-0.39, 0.29) is 5.54 Å². The molecule has 18 heavy (non-hydrogen) atoms. The highest BCUT2D eigenvalue weighted by Gasteiger charge is 2.31. The van der Waals surface area contributed by atoms with Gasteiger partial charge in [0.25, 0.3) is 0 Å². The third-order valence-corrected chi connectivity index (χ3v) is 3.94. The van der Waals surface area contributed by atoms with Gasteiger partial charge >= 0.3 is 0 Å². The molecule has 1 fully saturated rings. The first kappa shape index (κ1) is 13.4. The lowest BCUT2D eigenvalue weighted by atomic mass is 9.98. The Balaban J connectivity index is 2.38. The van der Waals surface area contributed by atoms with Gasteiger partial charge in [-0.25, -0.2) is 0 Å². The summed E-state index contributed by atoms with van der Waals surface area (Å²) in [6.45, 7) is 12.6. The fourth-order valence-corrected chi connectivity index (χ4v) is 2.84. The van der Waals surface area contributed by atoms with Crippen molar-refractivity contribution in [2.24, 2.45) is 5.92 Å². The Morgan fingerprint density at radius 1 is 1.33 bits per heavy atom. The van der Waals surface area contributed by atoms with Crippen molar-refractivity contribution in [3.05, 3.63) is 29.8 Å². The Morgan fingerprint density at radius 3 is 2.78 bits per heavy atom. The highest BCUT2D eigenvalue weighted by Crippen LogP contribution is 2.30. The molecular weight excluding hydrogens is 220 g/mol. The first-order valence-corrected chi connectivity index (χ1v) is 7.11. The molecule has 0 amide bonds. The minimum absolute atomic E-state index is 0.177. The van der Waals surface area contributed by atoms with E-state index in [1.807, 2.05) is 0 Å². The summed E-state index contributed by atoms with van der Waals surface area (Å²) in [6, 6.07) is 8.84. The molecular formula is C16H26N2. The van der Waals surface area contributed by atoms with Crippen LogP contribution in [0.25, 0.3) is 0 Å². The zero-order chi connectivity index (χ0) is 13.2. The molecule has 1 N–H and O–H groups in total. The van der Waals surface area contributed by atoms with Gasteiger partial charge in [-0.2, -0.15) is 0 Å². The van der Waals surface area contributed by atoms with Crippen molar-refractivity contribution in [3.8, 4) is 0 Å². The molecule has 1 saturated heterocycles. The monoisotopic (exact) mass is 246 g/mol. The number of para-hydroxylation sites is 1. The Hall–Kier alpha value is -1.02. The molecule has 1 heterocycles. The number of nitrogens with zero attached hydrogens (tertiary/aromatic N) is 1. The Bertz CT molecular complexity index is 398. The molecule has 1 unspecified atom stereocenters. The molecule has 0 radical (unpaired) electrons. The van der Waals surface area contributed by atoms with Gasteiger partial charge in [-0.3, -0.25) is 0 Å². The number of nitrogens with one attached hydrogen (secondary N) is 1. The standard InChI is InChI=1S/C16H26N2/c1-5-14-8-6-7-9-15(14)18-11-13(2)10-17-12-16(18,3)4/h6-9,13,17H,5,10-12H2,1-4H3. The summed E-state index contributed by atoms with van der Waals surface area (Å²) >= 11 is 0. The molecule has 2 heteroatoms. The summed E-state index contributed by atoms with van der Waals surface area (Å²) < 4.78 is 0. The van der Waals surface area contributed by atoms with Gasteiger partial charge in [0.15, 0.2) is 0 Å². The van der Waals surface area contributed by atoms with Crippen LogP contribution in [0.3, 0.4) is 0 Å². The van der Waals surface area contributed by atoms with E-state index in [1.54, 1.807) is 0 Å². The van der Waals surface area contributed by atoms with E-state index < -0.39 is 0 Å². The molecule has 1 aliphatic rings. The van der Waals surface area contributed by atoms with Crippen LogP contribution in [0.4, 0.5) is 5.69 Å². The third kappa shape index (κ3) is 2.69. The van der Waals surface area contributed by atoms with Crippen LogP contribution in [0.15, 0.2) is 24.3 Å². The largest absolute Gasteiger partial charge is 0.365 e. The van der Waals surface area contributed by atoms with Gasteiger partial charge in [-0.1, -0.05) is 32.0 Å². The summed E-state index contributed by atoms with van der Waals surface area (Å²) in [5, 5.41) is 3.58. The normalized spacial score (nSPS) is 23.8. The third-order valence-electron chi connectivity index (χ3n) is 3.94. The van der Waals surface area contributed by atoms with Gasteiger partial charge in [0.05, 0.1) is 0 Å². The number of aryl methyl sites for hydroxylation is 1.